The van der Waals surface area contributed by atoms with Gasteiger partial charge in [0.05, 0.1) is 0 Å². The van der Waals surface area contributed by atoms with Crippen molar-refractivity contribution in [1.29, 1.82) is 0 Å². The van der Waals surface area contributed by atoms with Gasteiger partial charge in [0.15, 0.2) is 0 Å². The molecule has 0 aromatic carbocycles. The molecule has 0 rings (SSSR count). The maximum atomic E-state index is 8.52. The molecule has 0 aliphatic heterocycles. The summed E-state index contributed by atoms with van der Waals surface area (Å²) in [5.74, 6) is 0. The van der Waals surface area contributed by atoms with E-state index in [2.05, 4.69) is 13.8 Å². The zero-order valence-corrected chi connectivity index (χ0v) is 17.6. The first-order chi connectivity index (χ1) is 7.91. The summed E-state index contributed by atoms with van der Waals surface area (Å²) in [6.07, 6.45) is 13.9. The Kier molecular flexibility index (Phi) is 34.4. The smallest absolute Gasteiger partial charge is 0.759 e. The number of hydrogen-bond donors (Lipinski definition) is 0. The van der Waals surface area contributed by atoms with E-state index in [9.17, 15) is 0 Å². The molecule has 0 atom stereocenters. The van der Waals surface area contributed by atoms with E-state index in [-0.39, 0.29) is 67.3 Å². The molecule has 0 saturated heterocycles. The zero-order chi connectivity index (χ0) is 13.6. The van der Waals surface area contributed by atoms with E-state index in [1.807, 2.05) is 0 Å². The van der Waals surface area contributed by atoms with Crippen LogP contribution in [0, 0.1) is 6.92 Å². The van der Waals surface area contributed by atoms with Crippen molar-refractivity contribution >= 4 is 48.1 Å². The van der Waals surface area contributed by atoms with Crippen LogP contribution in [0.15, 0.2) is 0 Å². The van der Waals surface area contributed by atoms with Crippen LogP contribution in [0.3, 0.4) is 0 Å². The molecule has 0 aliphatic carbocycles. The molecule has 0 aromatic heterocycles. The van der Waals surface area contributed by atoms with Crippen molar-refractivity contribution in [2.75, 3.05) is 0 Å². The molecule has 0 spiro atoms. The molecule has 19 heavy (non-hydrogen) atoms. The molecule has 0 aliphatic rings. The fourth-order valence-corrected chi connectivity index (χ4v) is 1.49. The Balaban J connectivity index is -0.000000139. The topological polar surface area (TPSA) is 80.3 Å². The van der Waals surface area contributed by atoms with Crippen molar-refractivity contribution in [2.45, 2.75) is 71.1 Å². The molecule has 0 fully saturated rings. The van der Waals surface area contributed by atoms with Gasteiger partial charge in [-0.25, -0.2) is 0 Å². The van der Waals surface area contributed by atoms with Gasteiger partial charge in [-0.1, -0.05) is 64.7 Å². The van der Waals surface area contributed by atoms with Gasteiger partial charge in [-0.15, -0.1) is 0 Å². The van der Waals surface area contributed by atoms with Crippen LogP contribution in [-0.4, -0.2) is 55.3 Å². The van der Waals surface area contributed by atoms with Crippen LogP contribution in [-0.2, 0) is 10.4 Å². The molecule has 0 unspecified atom stereocenters. The average molecular weight is 328 g/mol. The Morgan fingerprint density at radius 3 is 1.37 bits per heavy atom. The van der Waals surface area contributed by atoms with Gasteiger partial charge in [0, 0.05) is 10.4 Å². The summed E-state index contributed by atoms with van der Waals surface area (Å²) in [5.41, 5.74) is 0. The van der Waals surface area contributed by atoms with Crippen molar-refractivity contribution in [3.63, 3.8) is 0 Å². The third-order valence-electron chi connectivity index (χ3n) is 2.35. The summed E-state index contributed by atoms with van der Waals surface area (Å²) in [4.78, 5) is 0. The summed E-state index contributed by atoms with van der Waals surface area (Å²) in [6.45, 7) is 6.12. The average Bonchev–Trinajstić information content (AvgIpc) is 2.20. The predicted molar refractivity (Wildman–Crippen MR) is 73.4 cm³/mol. The maximum Gasteiger partial charge on any atom is 2.00 e. The van der Waals surface area contributed by atoms with E-state index in [0.29, 0.717) is 0 Å². The van der Waals surface area contributed by atoms with Gasteiger partial charge in [-0.3, -0.25) is 8.42 Å². The first-order valence-corrected chi connectivity index (χ1v) is 7.71. The molecule has 0 N–H and O–H groups in total. The Bertz CT molecular complexity index is 218. The molecule has 0 aromatic rings. The second-order valence-corrected chi connectivity index (χ2v) is 4.91. The quantitative estimate of drug-likeness (QED) is 0.197. The first-order valence-electron chi connectivity index (χ1n) is 6.37. The minimum absolute atomic E-state index is 0. The molecule has 0 heterocycles. The van der Waals surface area contributed by atoms with Crippen molar-refractivity contribution in [1.82, 2.24) is 0 Å². The summed E-state index contributed by atoms with van der Waals surface area (Å²) in [5, 5.41) is 0. The van der Waals surface area contributed by atoms with Gasteiger partial charge in [-0.2, -0.15) is 6.42 Å². The van der Waals surface area contributed by atoms with E-state index in [1.54, 1.807) is 0 Å². The van der Waals surface area contributed by atoms with E-state index < -0.39 is 10.4 Å². The number of unbranched alkanes of at least 4 members (excludes halogenated alkanes) is 9. The van der Waals surface area contributed by atoms with E-state index >= 15 is 0 Å². The molecular formula is C12H25CaNaO4S. The minimum atomic E-state index is -5.17. The Morgan fingerprint density at radius 2 is 1.11 bits per heavy atom. The van der Waals surface area contributed by atoms with Crippen molar-refractivity contribution in [3.8, 4) is 0 Å². The molecule has 0 saturated carbocycles. The minimum Gasteiger partial charge on any atom is -0.759 e. The van der Waals surface area contributed by atoms with Gasteiger partial charge in [0.2, 0.25) is 0 Å². The van der Waals surface area contributed by atoms with Crippen molar-refractivity contribution < 1.29 is 47.1 Å². The molecule has 106 valence electrons. The molecule has 0 bridgehead atoms. The van der Waals surface area contributed by atoms with Crippen LogP contribution in [0.2, 0.25) is 0 Å². The summed E-state index contributed by atoms with van der Waals surface area (Å²) in [6, 6.07) is 0. The SMILES string of the molecule is O=S(=O)([O-])[O-].[CH2-]CCCCCCCCCCC.[Ca+2].[Na+]. The number of rotatable bonds is 9. The van der Waals surface area contributed by atoms with Crippen LogP contribution < -0.4 is 29.6 Å². The Morgan fingerprint density at radius 1 is 0.842 bits per heavy atom. The monoisotopic (exact) mass is 328 g/mol. The standard InChI is InChI=1S/C12H25.Ca.Na.H2O4S/c1-3-5-7-9-11-12-10-8-6-4-2;;;1-5(2,3)4/h1,3-12H2,2H3;;;(H2,1,2,3,4)/q-1;+2;+1;/p-2. The predicted octanol–water partition coefficient (Wildman–Crippen LogP) is 0.0266. The maximum absolute atomic E-state index is 8.52. The van der Waals surface area contributed by atoms with E-state index in [1.165, 1.54) is 57.8 Å². The molecule has 0 amide bonds. The van der Waals surface area contributed by atoms with Crippen LogP contribution in [0.25, 0.3) is 0 Å². The van der Waals surface area contributed by atoms with Gasteiger partial charge >= 0.3 is 67.3 Å². The van der Waals surface area contributed by atoms with E-state index in [0.717, 1.165) is 6.42 Å². The van der Waals surface area contributed by atoms with Gasteiger partial charge in [0.25, 0.3) is 0 Å². The zero-order valence-electron chi connectivity index (χ0n) is 12.5. The van der Waals surface area contributed by atoms with Crippen molar-refractivity contribution in [3.05, 3.63) is 6.92 Å². The van der Waals surface area contributed by atoms with Gasteiger partial charge in [0.1, 0.15) is 0 Å². The van der Waals surface area contributed by atoms with Crippen LogP contribution in [0.5, 0.6) is 0 Å². The fraction of sp³-hybridized carbons (Fsp3) is 0.917. The summed E-state index contributed by atoms with van der Waals surface area (Å²) < 4.78 is 34.1. The Hall–Kier alpha value is 2.13. The molecule has 4 nitrogen and oxygen atoms in total. The molecular weight excluding hydrogens is 303 g/mol. The fourth-order valence-electron chi connectivity index (χ4n) is 1.49. The summed E-state index contributed by atoms with van der Waals surface area (Å²) in [7, 11) is -5.17. The first kappa shape index (κ1) is 29.2. The molecule has 0 radical (unpaired) electrons. The third-order valence-corrected chi connectivity index (χ3v) is 2.35. The normalized spacial score (nSPS) is 9.68. The summed E-state index contributed by atoms with van der Waals surface area (Å²) >= 11 is 0. The largest absolute Gasteiger partial charge is 2.00 e. The van der Waals surface area contributed by atoms with Crippen LogP contribution >= 0.6 is 0 Å². The van der Waals surface area contributed by atoms with Crippen molar-refractivity contribution in [2.24, 2.45) is 0 Å². The van der Waals surface area contributed by atoms with Crippen LogP contribution in [0.1, 0.15) is 71.1 Å². The van der Waals surface area contributed by atoms with E-state index in [4.69, 9.17) is 17.5 Å². The Labute approximate surface area is 171 Å². The van der Waals surface area contributed by atoms with Crippen LogP contribution in [0.4, 0.5) is 0 Å². The molecule has 7 heteroatoms. The second-order valence-electron chi connectivity index (χ2n) is 4.09. The second kappa shape index (κ2) is 22.4. The number of hydrogen-bond acceptors (Lipinski definition) is 4. The van der Waals surface area contributed by atoms with Gasteiger partial charge in [-0.05, 0) is 0 Å². The van der Waals surface area contributed by atoms with Gasteiger partial charge < -0.3 is 16.0 Å². The third kappa shape index (κ3) is 53.4.